The highest BCUT2D eigenvalue weighted by atomic mass is 32.2. The van der Waals surface area contributed by atoms with Gasteiger partial charge in [-0.3, -0.25) is 10.1 Å². The number of ether oxygens (including phenoxy) is 2. The Morgan fingerprint density at radius 2 is 1.96 bits per heavy atom. The summed E-state index contributed by atoms with van der Waals surface area (Å²) in [5.74, 6) is -0.327. The Kier molecular flexibility index (Phi) is 10.3. The van der Waals surface area contributed by atoms with E-state index in [4.69, 9.17) is 9.47 Å². The second-order valence-corrected chi connectivity index (χ2v) is 13.9. The van der Waals surface area contributed by atoms with Gasteiger partial charge in [0.15, 0.2) is 11.8 Å². The maximum Gasteiger partial charge on any atom is 0.408 e. The Morgan fingerprint density at radius 3 is 2.66 bits per heavy atom. The fraction of sp³-hybridized carbons (Fsp3) is 0.378. The Hall–Kier alpha value is -4.33. The van der Waals surface area contributed by atoms with E-state index in [2.05, 4.69) is 21.2 Å². The van der Waals surface area contributed by atoms with Crippen molar-refractivity contribution in [2.75, 3.05) is 12.4 Å². The number of carboxylic acid groups (broad SMARTS) is 1. The molecule has 2 heterocycles. The molecular weight excluding hydrogens is 667 g/mol. The van der Waals surface area contributed by atoms with Gasteiger partial charge in [-0.1, -0.05) is 49.6 Å². The number of aryl methyl sites for hydroxylation is 1. The van der Waals surface area contributed by atoms with Crippen LogP contribution in [0, 0.1) is 18.3 Å². The molecular formula is C37H40F3N5O4S. The first-order valence-electron chi connectivity index (χ1n) is 16.5. The fourth-order valence-electron chi connectivity index (χ4n) is 6.56. The van der Waals surface area contributed by atoms with Gasteiger partial charge in [0.25, 0.3) is 0 Å². The lowest BCUT2D eigenvalue weighted by Gasteiger charge is -2.33. The van der Waals surface area contributed by atoms with Crippen molar-refractivity contribution in [2.45, 2.75) is 82.0 Å². The monoisotopic (exact) mass is 707 g/mol. The molecule has 1 aliphatic carbocycles. The SMILES string of the molecule is CNc1cc(C)ccc1C(=N)c1cc(CC2CCC2)c2c(c1)SNC2(C)O[C@H](Cc1ccccc1OCc1ccnn1CC(F)(F)F)C(=O)O. The van der Waals surface area contributed by atoms with Gasteiger partial charge in [-0.05, 0) is 85.2 Å². The molecule has 4 N–H and O–H groups in total. The van der Waals surface area contributed by atoms with Crippen molar-refractivity contribution in [1.82, 2.24) is 14.5 Å². The lowest BCUT2D eigenvalue weighted by atomic mass is 9.78. The molecule has 13 heteroatoms. The van der Waals surface area contributed by atoms with E-state index >= 15 is 0 Å². The first-order chi connectivity index (χ1) is 23.8. The van der Waals surface area contributed by atoms with Crippen molar-refractivity contribution in [2.24, 2.45) is 5.92 Å². The van der Waals surface area contributed by atoms with Crippen molar-refractivity contribution < 1.29 is 32.5 Å². The van der Waals surface area contributed by atoms with Gasteiger partial charge < -0.3 is 19.9 Å². The van der Waals surface area contributed by atoms with Crippen LogP contribution in [0.4, 0.5) is 18.9 Å². The molecule has 50 heavy (non-hydrogen) atoms. The van der Waals surface area contributed by atoms with E-state index in [-0.39, 0.29) is 18.7 Å². The zero-order valence-corrected chi connectivity index (χ0v) is 28.9. The maximum absolute atomic E-state index is 13.0. The summed E-state index contributed by atoms with van der Waals surface area (Å²) in [5.41, 5.74) is 5.42. The molecule has 6 rings (SSSR count). The number of nitrogens with one attached hydrogen (secondary N) is 3. The average Bonchev–Trinajstić information content (AvgIpc) is 3.63. The molecule has 0 spiro atoms. The van der Waals surface area contributed by atoms with Crippen LogP contribution >= 0.6 is 11.9 Å². The fourth-order valence-corrected chi connectivity index (χ4v) is 7.63. The summed E-state index contributed by atoms with van der Waals surface area (Å²) < 4.78 is 55.7. The Balaban J connectivity index is 1.26. The summed E-state index contributed by atoms with van der Waals surface area (Å²) in [6.07, 6.45) is -0.315. The standard InChI is InChI=1S/C37H40F3N5O4S/c1-22-11-12-28(29(15-22)42-3)34(41)26-17-25(16-23-7-6-8-23)33-32(19-26)50-44-36(33,2)49-31(35(46)47)18-24-9-4-5-10-30(24)48-20-27-13-14-43-45(27)21-37(38,39)40/h4-5,9-15,17,19,23,31,41-42,44H,6-8,16,18,20-21H2,1-3H3,(H,46,47)/t31-,36?/m1/s1. The smallest absolute Gasteiger partial charge is 0.408 e. The van der Waals surface area contributed by atoms with Crippen molar-refractivity contribution >= 4 is 29.3 Å². The van der Waals surface area contributed by atoms with E-state index in [1.807, 2.05) is 45.2 Å². The molecule has 0 amide bonds. The van der Waals surface area contributed by atoms with Crippen molar-refractivity contribution in [1.29, 1.82) is 5.41 Å². The van der Waals surface area contributed by atoms with Crippen LogP contribution in [0.3, 0.4) is 0 Å². The second-order valence-electron chi connectivity index (χ2n) is 13.1. The van der Waals surface area contributed by atoms with Gasteiger partial charge in [0.05, 0.1) is 11.4 Å². The number of alkyl halides is 3. The molecule has 3 aromatic carbocycles. The van der Waals surface area contributed by atoms with Crippen LogP contribution < -0.4 is 14.8 Å². The summed E-state index contributed by atoms with van der Waals surface area (Å²) in [6, 6.07) is 18.3. The highest BCUT2D eigenvalue weighted by molar-refractivity contribution is 7.97. The maximum atomic E-state index is 13.0. The largest absolute Gasteiger partial charge is 0.487 e. The minimum absolute atomic E-state index is 0.0501. The summed E-state index contributed by atoms with van der Waals surface area (Å²) >= 11 is 1.36. The van der Waals surface area contributed by atoms with Crippen molar-refractivity contribution in [3.63, 3.8) is 0 Å². The molecule has 9 nitrogen and oxygen atoms in total. The van der Waals surface area contributed by atoms with Crippen molar-refractivity contribution in [3.8, 4) is 5.75 Å². The molecule has 1 fully saturated rings. The molecule has 4 aromatic rings. The molecule has 264 valence electrons. The average molecular weight is 708 g/mol. The Bertz CT molecular complexity index is 1890. The van der Waals surface area contributed by atoms with Crippen LogP contribution in [-0.2, 0) is 41.2 Å². The number of hydrogen-bond acceptors (Lipinski definition) is 8. The third kappa shape index (κ3) is 7.85. The quantitative estimate of drug-likeness (QED) is 0.0780. The molecule has 0 bridgehead atoms. The number of hydrogen-bond donors (Lipinski definition) is 4. The zero-order chi connectivity index (χ0) is 35.6. The van der Waals surface area contributed by atoms with Crippen LogP contribution in [0.5, 0.6) is 5.75 Å². The molecule has 2 atom stereocenters. The Morgan fingerprint density at radius 1 is 1.18 bits per heavy atom. The minimum Gasteiger partial charge on any atom is -0.487 e. The van der Waals surface area contributed by atoms with Gasteiger partial charge >= 0.3 is 12.1 Å². The third-order valence-corrected chi connectivity index (χ3v) is 10.3. The summed E-state index contributed by atoms with van der Waals surface area (Å²) in [4.78, 5) is 13.6. The van der Waals surface area contributed by atoms with Gasteiger partial charge in [0.2, 0.25) is 0 Å². The first-order valence-corrected chi connectivity index (χ1v) is 17.3. The molecule has 1 aliphatic heterocycles. The van der Waals surface area contributed by atoms with Crippen LogP contribution in [0.1, 0.15) is 65.3 Å². The zero-order valence-electron chi connectivity index (χ0n) is 28.1. The lowest BCUT2D eigenvalue weighted by Crippen LogP contribution is -2.42. The number of anilines is 1. The van der Waals surface area contributed by atoms with E-state index in [0.717, 1.165) is 62.3 Å². The van der Waals surface area contributed by atoms with Crippen LogP contribution in [0.2, 0.25) is 0 Å². The second kappa shape index (κ2) is 14.5. The molecule has 0 radical (unpaired) electrons. The van der Waals surface area contributed by atoms with Gasteiger partial charge in [0, 0.05) is 46.9 Å². The van der Waals surface area contributed by atoms with E-state index in [1.54, 1.807) is 24.3 Å². The summed E-state index contributed by atoms with van der Waals surface area (Å²) in [7, 11) is 1.84. The molecule has 0 saturated heterocycles. The van der Waals surface area contributed by atoms with Crippen molar-refractivity contribution in [3.05, 3.63) is 106 Å². The van der Waals surface area contributed by atoms with Gasteiger partial charge in [0.1, 0.15) is 18.9 Å². The molecule has 1 saturated carbocycles. The number of para-hydroxylation sites is 1. The van der Waals surface area contributed by atoms with Gasteiger partial charge in [-0.25, -0.2) is 9.52 Å². The highest BCUT2D eigenvalue weighted by Gasteiger charge is 2.43. The van der Waals surface area contributed by atoms with E-state index < -0.39 is 30.5 Å². The van der Waals surface area contributed by atoms with Gasteiger partial charge in [-0.15, -0.1) is 0 Å². The number of rotatable bonds is 14. The number of carboxylic acids is 1. The van der Waals surface area contributed by atoms with Crippen LogP contribution in [0.25, 0.3) is 0 Å². The first kappa shape index (κ1) is 35.5. The number of nitrogens with zero attached hydrogens (tertiary/aromatic N) is 2. The van der Waals surface area contributed by atoms with E-state index in [1.165, 1.54) is 30.6 Å². The molecule has 2 aliphatic rings. The predicted molar refractivity (Wildman–Crippen MR) is 186 cm³/mol. The molecule has 1 aromatic heterocycles. The summed E-state index contributed by atoms with van der Waals surface area (Å²) in [5, 5.41) is 26.6. The number of carbonyl (C=O) groups is 1. The number of halogens is 3. The van der Waals surface area contributed by atoms with E-state index in [9.17, 15) is 28.5 Å². The Labute approximate surface area is 293 Å². The normalized spacial score (nSPS) is 18.0. The number of fused-ring (bicyclic) bond motifs is 1. The van der Waals surface area contributed by atoms with Crippen LogP contribution in [0.15, 0.2) is 71.8 Å². The topological polar surface area (TPSA) is 121 Å². The van der Waals surface area contributed by atoms with E-state index in [0.29, 0.717) is 22.9 Å². The molecule has 1 unspecified atom stereocenters. The summed E-state index contributed by atoms with van der Waals surface area (Å²) in [6.45, 7) is 2.42. The lowest BCUT2D eigenvalue weighted by molar-refractivity contribution is -0.165. The number of aliphatic carboxylic acids is 1. The van der Waals surface area contributed by atoms with Crippen LogP contribution in [-0.4, -0.2) is 45.9 Å². The van der Waals surface area contributed by atoms with Gasteiger partial charge in [-0.2, -0.15) is 18.3 Å². The third-order valence-electron chi connectivity index (χ3n) is 9.29. The highest BCUT2D eigenvalue weighted by Crippen LogP contribution is 2.46. The minimum atomic E-state index is -4.44. The number of benzene rings is 3. The predicted octanol–water partition coefficient (Wildman–Crippen LogP) is 7.63. The number of aromatic nitrogens is 2.